The van der Waals surface area contributed by atoms with E-state index in [-0.39, 0.29) is 17.7 Å². The number of ether oxygens (including phenoxy) is 2. The fraction of sp³-hybridized carbons (Fsp3) is 0.276. The number of hydrogen-bond donors (Lipinski definition) is 1. The van der Waals surface area contributed by atoms with Crippen molar-refractivity contribution in [3.63, 3.8) is 0 Å². The van der Waals surface area contributed by atoms with Gasteiger partial charge in [-0.1, -0.05) is 24.3 Å². The van der Waals surface area contributed by atoms with E-state index in [0.29, 0.717) is 54.4 Å². The molecule has 2 aliphatic heterocycles. The van der Waals surface area contributed by atoms with Crippen molar-refractivity contribution in [2.75, 3.05) is 25.7 Å². The van der Waals surface area contributed by atoms with E-state index in [1.54, 1.807) is 48.3 Å². The summed E-state index contributed by atoms with van der Waals surface area (Å²) in [4.78, 5) is 42.8. The quantitative estimate of drug-likeness (QED) is 0.535. The molecule has 1 saturated heterocycles. The highest BCUT2D eigenvalue weighted by Gasteiger charge is 2.41. The Hall–Kier alpha value is -4.33. The van der Waals surface area contributed by atoms with Gasteiger partial charge in [0.25, 0.3) is 11.8 Å². The zero-order chi connectivity index (χ0) is 25.9. The van der Waals surface area contributed by atoms with Gasteiger partial charge in [0.2, 0.25) is 5.91 Å². The van der Waals surface area contributed by atoms with Gasteiger partial charge in [0.05, 0.1) is 32.0 Å². The molecule has 2 aliphatic rings. The smallest absolute Gasteiger partial charge is 0.256 e. The lowest BCUT2D eigenvalue weighted by Crippen LogP contribution is -2.44. The SMILES string of the molecule is COc1ccc(CNC(=O)c2ccc(CN3C(=O)[C@H]4CCCN4C(=O)c4ccccc43)cc2)c(OC)c1. The summed E-state index contributed by atoms with van der Waals surface area (Å²) < 4.78 is 10.6. The van der Waals surface area contributed by atoms with Crippen LogP contribution in [0.25, 0.3) is 0 Å². The van der Waals surface area contributed by atoms with E-state index in [4.69, 9.17) is 9.47 Å². The van der Waals surface area contributed by atoms with Gasteiger partial charge in [-0.15, -0.1) is 0 Å². The van der Waals surface area contributed by atoms with E-state index in [2.05, 4.69) is 5.32 Å². The van der Waals surface area contributed by atoms with E-state index in [1.807, 2.05) is 42.5 Å². The van der Waals surface area contributed by atoms with E-state index < -0.39 is 6.04 Å². The Balaban J connectivity index is 1.30. The largest absolute Gasteiger partial charge is 0.497 e. The summed E-state index contributed by atoms with van der Waals surface area (Å²) in [6, 6.07) is 19.5. The van der Waals surface area contributed by atoms with Crippen LogP contribution in [0.2, 0.25) is 0 Å². The molecule has 190 valence electrons. The van der Waals surface area contributed by atoms with Crippen LogP contribution in [0.4, 0.5) is 5.69 Å². The first-order valence-corrected chi connectivity index (χ1v) is 12.3. The second-order valence-electron chi connectivity index (χ2n) is 9.16. The topological polar surface area (TPSA) is 88.2 Å². The lowest BCUT2D eigenvalue weighted by molar-refractivity contribution is -0.122. The first-order chi connectivity index (χ1) is 18.0. The predicted molar refractivity (Wildman–Crippen MR) is 139 cm³/mol. The number of carbonyl (C=O) groups excluding carboxylic acids is 3. The number of amides is 3. The molecule has 1 fully saturated rings. The molecular formula is C29H29N3O5. The number of para-hydroxylation sites is 1. The van der Waals surface area contributed by atoms with Gasteiger partial charge in [0.1, 0.15) is 17.5 Å². The first-order valence-electron chi connectivity index (χ1n) is 12.3. The van der Waals surface area contributed by atoms with Crippen molar-refractivity contribution < 1.29 is 23.9 Å². The summed E-state index contributed by atoms with van der Waals surface area (Å²) in [5.41, 5.74) is 3.39. The van der Waals surface area contributed by atoms with E-state index in [9.17, 15) is 14.4 Å². The normalized spacial score (nSPS) is 16.6. The lowest BCUT2D eigenvalue weighted by atomic mass is 10.1. The average molecular weight is 500 g/mol. The van der Waals surface area contributed by atoms with Crippen molar-refractivity contribution >= 4 is 23.4 Å². The molecule has 37 heavy (non-hydrogen) atoms. The van der Waals surface area contributed by atoms with Gasteiger partial charge in [-0.2, -0.15) is 0 Å². The second kappa shape index (κ2) is 10.3. The van der Waals surface area contributed by atoms with Gasteiger partial charge in [-0.3, -0.25) is 14.4 Å². The van der Waals surface area contributed by atoms with Gasteiger partial charge < -0.3 is 24.6 Å². The molecule has 8 nitrogen and oxygen atoms in total. The van der Waals surface area contributed by atoms with E-state index in [1.165, 1.54) is 0 Å². The zero-order valence-corrected chi connectivity index (χ0v) is 20.9. The van der Waals surface area contributed by atoms with E-state index >= 15 is 0 Å². The Kier molecular flexibility index (Phi) is 6.81. The summed E-state index contributed by atoms with van der Waals surface area (Å²) in [5, 5.41) is 2.92. The summed E-state index contributed by atoms with van der Waals surface area (Å²) in [6.07, 6.45) is 1.50. The summed E-state index contributed by atoms with van der Waals surface area (Å²) in [7, 11) is 3.16. The van der Waals surface area contributed by atoms with Crippen molar-refractivity contribution in [3.8, 4) is 11.5 Å². The number of methoxy groups -OCH3 is 2. The Bertz CT molecular complexity index is 1340. The van der Waals surface area contributed by atoms with Crippen molar-refractivity contribution in [2.45, 2.75) is 32.0 Å². The van der Waals surface area contributed by atoms with Gasteiger partial charge in [-0.05, 0) is 54.8 Å². The van der Waals surface area contributed by atoms with Crippen LogP contribution in [0.5, 0.6) is 11.5 Å². The number of rotatable bonds is 7. The number of anilines is 1. The van der Waals surface area contributed by atoms with Crippen LogP contribution in [-0.2, 0) is 17.9 Å². The molecule has 0 bridgehead atoms. The molecule has 0 saturated carbocycles. The monoisotopic (exact) mass is 499 g/mol. The highest BCUT2D eigenvalue weighted by molar-refractivity contribution is 6.11. The van der Waals surface area contributed by atoms with Gasteiger partial charge in [0.15, 0.2) is 0 Å². The third-order valence-electron chi connectivity index (χ3n) is 6.98. The Morgan fingerprint density at radius 1 is 1.00 bits per heavy atom. The van der Waals surface area contributed by atoms with Gasteiger partial charge in [-0.25, -0.2) is 0 Å². The number of nitrogens with zero attached hydrogens (tertiary/aromatic N) is 2. The molecule has 1 atom stereocenters. The summed E-state index contributed by atoms with van der Waals surface area (Å²) in [5.74, 6) is 0.947. The molecular weight excluding hydrogens is 470 g/mol. The van der Waals surface area contributed by atoms with Crippen LogP contribution in [0, 0.1) is 0 Å². The Morgan fingerprint density at radius 3 is 2.54 bits per heavy atom. The highest BCUT2D eigenvalue weighted by atomic mass is 16.5. The molecule has 0 aliphatic carbocycles. The Labute approximate surface area is 215 Å². The maximum Gasteiger partial charge on any atom is 0.256 e. The molecule has 0 unspecified atom stereocenters. The molecule has 1 N–H and O–H groups in total. The van der Waals surface area contributed by atoms with Gasteiger partial charge >= 0.3 is 0 Å². The van der Waals surface area contributed by atoms with Crippen LogP contribution in [0.3, 0.4) is 0 Å². The summed E-state index contributed by atoms with van der Waals surface area (Å²) >= 11 is 0. The third-order valence-corrected chi connectivity index (χ3v) is 6.98. The first kappa shape index (κ1) is 24.4. The fourth-order valence-corrected chi connectivity index (χ4v) is 4.99. The average Bonchev–Trinajstić information content (AvgIpc) is 3.41. The molecule has 3 aromatic carbocycles. The lowest BCUT2D eigenvalue weighted by Gasteiger charge is -2.26. The maximum absolute atomic E-state index is 13.5. The molecule has 0 aromatic heterocycles. The highest BCUT2D eigenvalue weighted by Crippen LogP contribution is 2.33. The minimum absolute atomic E-state index is 0.0638. The minimum atomic E-state index is -0.431. The van der Waals surface area contributed by atoms with Crippen molar-refractivity contribution in [3.05, 3.63) is 89.0 Å². The number of carbonyl (C=O) groups is 3. The fourth-order valence-electron chi connectivity index (χ4n) is 4.99. The Morgan fingerprint density at radius 2 is 1.78 bits per heavy atom. The predicted octanol–water partition coefficient (Wildman–Crippen LogP) is 3.79. The molecule has 0 radical (unpaired) electrons. The van der Waals surface area contributed by atoms with Crippen LogP contribution in [-0.4, -0.2) is 49.4 Å². The molecule has 0 spiro atoms. The van der Waals surface area contributed by atoms with Gasteiger partial charge in [0, 0.05) is 30.3 Å². The molecule has 3 amide bonds. The van der Waals surface area contributed by atoms with Crippen LogP contribution < -0.4 is 19.7 Å². The number of fused-ring (bicyclic) bond motifs is 2. The van der Waals surface area contributed by atoms with Crippen LogP contribution >= 0.6 is 0 Å². The standard InChI is InChI=1S/C29H29N3O5/c1-36-22-14-13-21(26(16-22)37-2)17-30-27(33)20-11-9-19(10-12-20)18-32-24-7-4-3-6-23(24)28(34)31-15-5-8-25(31)29(32)35/h3-4,6-7,9-14,16,25H,5,8,15,17-18H2,1-2H3,(H,30,33)/t25-/m1/s1. The van der Waals surface area contributed by atoms with Crippen LogP contribution in [0.1, 0.15) is 44.7 Å². The molecule has 2 heterocycles. The van der Waals surface area contributed by atoms with E-state index in [0.717, 1.165) is 17.5 Å². The van der Waals surface area contributed by atoms with Crippen LogP contribution in [0.15, 0.2) is 66.7 Å². The summed E-state index contributed by atoms with van der Waals surface area (Å²) in [6.45, 7) is 1.22. The van der Waals surface area contributed by atoms with Crippen molar-refractivity contribution in [1.29, 1.82) is 0 Å². The maximum atomic E-state index is 13.5. The second-order valence-corrected chi connectivity index (χ2v) is 9.16. The molecule has 3 aromatic rings. The number of hydrogen-bond acceptors (Lipinski definition) is 5. The van der Waals surface area contributed by atoms with Crippen molar-refractivity contribution in [2.24, 2.45) is 0 Å². The zero-order valence-electron chi connectivity index (χ0n) is 20.9. The molecule has 8 heteroatoms. The molecule has 5 rings (SSSR count). The number of benzene rings is 3. The number of nitrogens with one attached hydrogen (secondary N) is 1. The van der Waals surface area contributed by atoms with Crippen molar-refractivity contribution in [1.82, 2.24) is 10.2 Å². The third kappa shape index (κ3) is 4.74. The minimum Gasteiger partial charge on any atom is -0.497 e.